The average Bonchev–Trinajstić information content (AvgIpc) is 3.64. The number of benzene rings is 4. The second kappa shape index (κ2) is 18.2. The van der Waals surface area contributed by atoms with E-state index < -0.39 is 53.7 Å². The van der Waals surface area contributed by atoms with Crippen LogP contribution in [0.3, 0.4) is 0 Å². The van der Waals surface area contributed by atoms with Crippen LogP contribution in [0.25, 0.3) is 24.3 Å². The fraction of sp³-hybridized carbons (Fsp3) is 0.0476. The summed E-state index contributed by atoms with van der Waals surface area (Å²) in [5, 5.41) is 3.95. The van der Waals surface area contributed by atoms with Crippen molar-refractivity contribution in [3.05, 3.63) is 185 Å². The average molecular weight is 844 g/mol. The third-order valence-corrected chi connectivity index (χ3v) is 11.9. The van der Waals surface area contributed by atoms with Crippen molar-refractivity contribution in [3.63, 3.8) is 0 Å². The van der Waals surface area contributed by atoms with Crippen LogP contribution in [0.1, 0.15) is 28.3 Å². The summed E-state index contributed by atoms with van der Waals surface area (Å²) in [6.45, 7) is 0.0466. The molecule has 0 saturated heterocycles. The van der Waals surface area contributed by atoms with Gasteiger partial charge in [0.05, 0.1) is 21.2 Å². The van der Waals surface area contributed by atoms with Crippen molar-refractivity contribution in [2.75, 3.05) is 0 Å². The Morgan fingerprint density at radius 3 is 1.56 bits per heavy atom. The maximum Gasteiger partial charge on any atom is 0.211 e. The van der Waals surface area contributed by atoms with E-state index in [9.17, 15) is 38.8 Å². The molecule has 0 aliphatic heterocycles. The molecular weight excluding hydrogens is 814 g/mol. The summed E-state index contributed by atoms with van der Waals surface area (Å²) < 4.78 is 125. The summed E-state index contributed by atoms with van der Waals surface area (Å²) in [5.41, 5.74) is 1.12. The highest BCUT2D eigenvalue weighted by Gasteiger charge is 2.23. The molecule has 0 spiro atoms. The van der Waals surface area contributed by atoms with Crippen LogP contribution in [-0.4, -0.2) is 41.6 Å². The van der Waals surface area contributed by atoms with Crippen LogP contribution in [0.5, 0.6) is 5.75 Å². The minimum atomic E-state index is -4.03. The fourth-order valence-electron chi connectivity index (χ4n) is 5.22. The molecule has 0 unspecified atom stereocenters. The van der Waals surface area contributed by atoms with E-state index in [1.54, 1.807) is 25.2 Å². The first-order valence-corrected chi connectivity index (χ1v) is 20.2. The SMILES string of the molecule is Cn1ncnc1COc1ccccc1S(=O)(=O)c1ccc(/C=C/c2ccc(F)cc2F)nc1.O=S(=O)(c1ccc(/C=C/c2ccc(F)cc2F)nc1)c1ccccc1F. The van der Waals surface area contributed by atoms with Crippen molar-refractivity contribution in [1.29, 1.82) is 0 Å². The normalized spacial score (nSPS) is 11.8. The topological polar surface area (TPSA) is 134 Å². The minimum Gasteiger partial charge on any atom is -0.484 e. The van der Waals surface area contributed by atoms with E-state index in [-0.39, 0.29) is 38.2 Å². The smallest absolute Gasteiger partial charge is 0.211 e. The van der Waals surface area contributed by atoms with Crippen LogP contribution in [0, 0.1) is 29.1 Å². The highest BCUT2D eigenvalue weighted by Crippen LogP contribution is 2.30. The molecule has 7 aromatic rings. The third kappa shape index (κ3) is 10.2. The summed E-state index contributed by atoms with van der Waals surface area (Å²) in [6, 6.07) is 23.3. The van der Waals surface area contributed by atoms with Crippen LogP contribution >= 0.6 is 0 Å². The van der Waals surface area contributed by atoms with Gasteiger partial charge in [0, 0.05) is 42.7 Å². The number of pyridine rings is 2. The highest BCUT2D eigenvalue weighted by atomic mass is 32.2. The lowest BCUT2D eigenvalue weighted by molar-refractivity contribution is 0.282. The summed E-state index contributed by atoms with van der Waals surface area (Å²) in [4.78, 5) is 11.5. The highest BCUT2D eigenvalue weighted by molar-refractivity contribution is 7.91. The maximum atomic E-state index is 13.8. The quantitative estimate of drug-likeness (QED) is 0.117. The van der Waals surface area contributed by atoms with Gasteiger partial charge in [-0.3, -0.25) is 14.6 Å². The number of aromatic nitrogens is 5. The minimum absolute atomic E-state index is 0.00866. The summed E-state index contributed by atoms with van der Waals surface area (Å²) in [6.07, 6.45) is 9.48. The molecule has 0 aliphatic rings. The van der Waals surface area contributed by atoms with Gasteiger partial charge in [-0.05, 0) is 97.1 Å². The molecule has 300 valence electrons. The number of rotatable bonds is 11. The number of aryl methyl sites for hydroxylation is 1. The lowest BCUT2D eigenvalue weighted by Crippen LogP contribution is -2.08. The van der Waals surface area contributed by atoms with E-state index in [4.69, 9.17) is 4.74 Å². The van der Waals surface area contributed by atoms with E-state index in [1.165, 1.54) is 102 Å². The number of hydrogen-bond acceptors (Lipinski definition) is 9. The number of ether oxygens (including phenoxy) is 1. The van der Waals surface area contributed by atoms with Gasteiger partial charge in [0.25, 0.3) is 0 Å². The summed E-state index contributed by atoms with van der Waals surface area (Å²) in [7, 11) is -6.24. The third-order valence-electron chi connectivity index (χ3n) is 8.36. The number of sulfone groups is 2. The van der Waals surface area contributed by atoms with E-state index in [0.717, 1.165) is 36.5 Å². The Bertz CT molecular complexity index is 2890. The largest absolute Gasteiger partial charge is 0.484 e. The van der Waals surface area contributed by atoms with Crippen molar-refractivity contribution >= 4 is 44.0 Å². The predicted octanol–water partition coefficient (Wildman–Crippen LogP) is 8.57. The first-order chi connectivity index (χ1) is 28.2. The van der Waals surface area contributed by atoms with E-state index in [0.29, 0.717) is 17.2 Å². The zero-order chi connectivity index (χ0) is 42.2. The first-order valence-electron chi connectivity index (χ1n) is 17.2. The number of halogens is 5. The molecule has 0 amide bonds. The van der Waals surface area contributed by atoms with Crippen LogP contribution < -0.4 is 4.74 Å². The molecule has 17 heteroatoms. The van der Waals surface area contributed by atoms with Crippen LogP contribution in [0.15, 0.2) is 147 Å². The van der Waals surface area contributed by atoms with Gasteiger partial charge in [-0.15, -0.1) is 0 Å². The van der Waals surface area contributed by atoms with Crippen molar-refractivity contribution in [3.8, 4) is 5.75 Å². The monoisotopic (exact) mass is 843 g/mol. The lowest BCUT2D eigenvalue weighted by atomic mass is 10.2. The number of para-hydroxylation sites is 1. The molecule has 0 atom stereocenters. The van der Waals surface area contributed by atoms with Gasteiger partial charge in [-0.1, -0.05) is 24.3 Å². The van der Waals surface area contributed by atoms with E-state index in [1.807, 2.05) is 0 Å². The molecular formula is C42H30F5N5O5S2. The molecule has 3 aromatic heterocycles. The van der Waals surface area contributed by atoms with Crippen LogP contribution in [0.4, 0.5) is 22.0 Å². The van der Waals surface area contributed by atoms with Gasteiger partial charge in [0.2, 0.25) is 19.7 Å². The standard InChI is InChI=1S/C23H18F2N4O3S.C19H12F3NO2S/c1-29-23(27-15-28-29)14-32-21-4-2-3-5-22(21)33(30,31)19-11-10-18(26-13-19)9-7-16-6-8-17(24)12-20(16)25;20-14-7-5-13(18(22)11-14)6-8-15-9-10-16(12-23-15)26(24,25)19-4-2-1-3-17(19)21/h2-13,15H,14H2,1H3;1-12H/b9-7+;8-6+. The molecule has 0 N–H and O–H groups in total. The van der Waals surface area contributed by atoms with E-state index >= 15 is 0 Å². The van der Waals surface area contributed by atoms with Crippen molar-refractivity contribution < 1.29 is 43.5 Å². The second-order valence-corrected chi connectivity index (χ2v) is 16.1. The molecule has 4 aromatic carbocycles. The van der Waals surface area contributed by atoms with Crippen molar-refractivity contribution in [2.24, 2.45) is 7.05 Å². The van der Waals surface area contributed by atoms with Crippen LogP contribution in [0.2, 0.25) is 0 Å². The Morgan fingerprint density at radius 1 is 0.576 bits per heavy atom. The van der Waals surface area contributed by atoms with Gasteiger partial charge in [0.15, 0.2) is 5.82 Å². The first kappa shape index (κ1) is 41.8. The van der Waals surface area contributed by atoms with Crippen molar-refractivity contribution in [1.82, 2.24) is 24.7 Å². The molecule has 7 rings (SSSR count). The van der Waals surface area contributed by atoms with Gasteiger partial charge >= 0.3 is 0 Å². The molecule has 0 aliphatic carbocycles. The Balaban J connectivity index is 0.000000204. The molecule has 59 heavy (non-hydrogen) atoms. The molecule has 3 heterocycles. The van der Waals surface area contributed by atoms with Gasteiger partial charge in [-0.25, -0.2) is 43.8 Å². The van der Waals surface area contributed by atoms with Gasteiger partial charge < -0.3 is 4.74 Å². The van der Waals surface area contributed by atoms with Gasteiger partial charge in [0.1, 0.15) is 57.6 Å². The summed E-state index contributed by atoms with van der Waals surface area (Å²) >= 11 is 0. The number of hydrogen-bond donors (Lipinski definition) is 0. The Morgan fingerprint density at radius 2 is 1.08 bits per heavy atom. The lowest BCUT2D eigenvalue weighted by Gasteiger charge is -2.12. The number of nitrogens with zero attached hydrogens (tertiary/aromatic N) is 5. The predicted molar refractivity (Wildman–Crippen MR) is 208 cm³/mol. The second-order valence-electron chi connectivity index (χ2n) is 12.3. The van der Waals surface area contributed by atoms with Gasteiger partial charge in [-0.2, -0.15) is 5.10 Å². The molecule has 0 saturated carbocycles. The fourth-order valence-corrected chi connectivity index (χ4v) is 7.84. The molecule has 10 nitrogen and oxygen atoms in total. The molecule has 0 radical (unpaired) electrons. The maximum absolute atomic E-state index is 13.8. The zero-order valence-corrected chi connectivity index (χ0v) is 32.3. The zero-order valence-electron chi connectivity index (χ0n) is 30.6. The Hall–Kier alpha value is -6.85. The Labute approximate surface area is 335 Å². The molecule has 0 fully saturated rings. The van der Waals surface area contributed by atoms with Crippen molar-refractivity contribution in [2.45, 2.75) is 26.2 Å². The van der Waals surface area contributed by atoms with Crippen LogP contribution in [-0.2, 0) is 33.3 Å². The molecule has 0 bridgehead atoms. The van der Waals surface area contributed by atoms with E-state index in [2.05, 4.69) is 20.1 Å². The Kier molecular flexibility index (Phi) is 12.9. The summed E-state index contributed by atoms with van der Waals surface area (Å²) in [5.74, 6) is -2.90.